The molecule has 0 spiro atoms. The number of hydrogen-bond acceptors (Lipinski definition) is 2. The number of nitrogens with zero attached hydrogens (tertiary/aromatic N) is 1. The van der Waals surface area contributed by atoms with Crippen LogP contribution in [-0.4, -0.2) is 22.4 Å². The maximum atomic E-state index is 11.6. The van der Waals surface area contributed by atoms with E-state index in [2.05, 4.69) is 15.3 Å². The Labute approximate surface area is 122 Å². The van der Waals surface area contributed by atoms with Gasteiger partial charge in [0.2, 0.25) is 5.91 Å². The summed E-state index contributed by atoms with van der Waals surface area (Å²) in [4.78, 5) is 18.8. The van der Waals surface area contributed by atoms with E-state index < -0.39 is 0 Å². The summed E-state index contributed by atoms with van der Waals surface area (Å²) in [6, 6.07) is 7.40. The van der Waals surface area contributed by atoms with Crippen LogP contribution in [0.1, 0.15) is 17.8 Å². The molecule has 1 amide bonds. The van der Waals surface area contributed by atoms with Crippen molar-refractivity contribution >= 4 is 23.6 Å². The lowest BCUT2D eigenvalue weighted by atomic mass is 10.2. The number of aromatic amines is 1. The number of aryl methyl sites for hydroxylation is 1. The number of hydrogen-bond donors (Lipinski definition) is 2. The van der Waals surface area contributed by atoms with Crippen molar-refractivity contribution in [3.05, 3.63) is 59.1 Å². The van der Waals surface area contributed by atoms with Gasteiger partial charge in [-0.1, -0.05) is 29.8 Å². The first-order valence-electron chi connectivity index (χ1n) is 6.44. The Morgan fingerprint density at radius 3 is 3.00 bits per heavy atom. The second-order valence-electron chi connectivity index (χ2n) is 4.29. The summed E-state index contributed by atoms with van der Waals surface area (Å²) in [5, 5.41) is 3.46. The molecule has 2 N–H and O–H groups in total. The second kappa shape index (κ2) is 7.50. The zero-order valence-electron chi connectivity index (χ0n) is 11.0. The minimum Gasteiger partial charge on any atom is -0.353 e. The molecule has 0 aliphatic heterocycles. The quantitative estimate of drug-likeness (QED) is 0.634. The van der Waals surface area contributed by atoms with Crippen LogP contribution >= 0.6 is 11.6 Å². The van der Waals surface area contributed by atoms with E-state index in [0.717, 1.165) is 24.2 Å². The van der Waals surface area contributed by atoms with E-state index in [-0.39, 0.29) is 5.91 Å². The largest absolute Gasteiger partial charge is 0.353 e. The molecule has 2 aromatic rings. The Balaban J connectivity index is 1.71. The molecule has 0 aliphatic carbocycles. The molecular weight excluding hydrogens is 274 g/mol. The standard InChI is InChI=1S/C15H16ClN3O/c16-13-5-2-1-4-12(13)7-8-15(20)19-9-3-6-14-17-10-11-18-14/h1-2,4-5,7-8,10-11H,3,6,9H2,(H,17,18)(H,19,20)/b8-7+. The number of halogens is 1. The van der Waals surface area contributed by atoms with Crippen LogP contribution in [0.2, 0.25) is 5.02 Å². The Morgan fingerprint density at radius 2 is 2.25 bits per heavy atom. The third-order valence-electron chi connectivity index (χ3n) is 2.76. The van der Waals surface area contributed by atoms with E-state index in [4.69, 9.17) is 11.6 Å². The van der Waals surface area contributed by atoms with E-state index >= 15 is 0 Å². The molecule has 104 valence electrons. The first-order chi connectivity index (χ1) is 9.75. The molecule has 4 nitrogen and oxygen atoms in total. The highest BCUT2D eigenvalue weighted by molar-refractivity contribution is 6.32. The SMILES string of the molecule is O=C(/C=C/c1ccccc1Cl)NCCCc1ncc[nH]1. The van der Waals surface area contributed by atoms with Gasteiger partial charge >= 0.3 is 0 Å². The zero-order chi connectivity index (χ0) is 14.2. The molecule has 0 unspecified atom stereocenters. The summed E-state index contributed by atoms with van der Waals surface area (Å²) in [5.41, 5.74) is 0.833. The summed E-state index contributed by atoms with van der Waals surface area (Å²) in [6.45, 7) is 0.617. The summed E-state index contributed by atoms with van der Waals surface area (Å²) in [6.07, 6.45) is 8.39. The average molecular weight is 290 g/mol. The van der Waals surface area contributed by atoms with Crippen LogP contribution < -0.4 is 5.32 Å². The van der Waals surface area contributed by atoms with Gasteiger partial charge in [-0.3, -0.25) is 4.79 Å². The number of carbonyl (C=O) groups excluding carboxylic acids is 1. The number of aromatic nitrogens is 2. The number of rotatable bonds is 6. The van der Waals surface area contributed by atoms with Gasteiger partial charge in [-0.25, -0.2) is 4.98 Å². The highest BCUT2D eigenvalue weighted by Crippen LogP contribution is 2.15. The van der Waals surface area contributed by atoms with Crippen molar-refractivity contribution < 1.29 is 4.79 Å². The summed E-state index contributed by atoms with van der Waals surface area (Å²) >= 11 is 6.00. The average Bonchev–Trinajstić information content (AvgIpc) is 2.96. The predicted octanol–water partition coefficient (Wildman–Crippen LogP) is 2.83. The summed E-state index contributed by atoms with van der Waals surface area (Å²) < 4.78 is 0. The third-order valence-corrected chi connectivity index (χ3v) is 3.11. The minimum atomic E-state index is -0.121. The molecule has 1 aromatic carbocycles. The predicted molar refractivity (Wildman–Crippen MR) is 80.4 cm³/mol. The van der Waals surface area contributed by atoms with E-state index in [1.54, 1.807) is 24.5 Å². The third kappa shape index (κ3) is 4.55. The monoisotopic (exact) mass is 289 g/mol. The number of benzene rings is 1. The van der Waals surface area contributed by atoms with E-state index in [0.29, 0.717) is 11.6 Å². The van der Waals surface area contributed by atoms with Gasteiger partial charge in [0.1, 0.15) is 5.82 Å². The molecule has 0 saturated heterocycles. The van der Waals surface area contributed by atoms with Gasteiger partial charge in [0.05, 0.1) is 0 Å². The molecular formula is C15H16ClN3O. The zero-order valence-corrected chi connectivity index (χ0v) is 11.7. The van der Waals surface area contributed by atoms with Crippen LogP contribution in [-0.2, 0) is 11.2 Å². The normalized spacial score (nSPS) is 10.8. The topological polar surface area (TPSA) is 57.8 Å². The van der Waals surface area contributed by atoms with E-state index in [1.807, 2.05) is 18.2 Å². The van der Waals surface area contributed by atoms with Crippen LogP contribution in [0.5, 0.6) is 0 Å². The number of nitrogens with one attached hydrogen (secondary N) is 2. The van der Waals surface area contributed by atoms with E-state index in [9.17, 15) is 4.79 Å². The van der Waals surface area contributed by atoms with Crippen LogP contribution in [0.25, 0.3) is 6.08 Å². The van der Waals surface area contributed by atoms with Crippen molar-refractivity contribution in [1.82, 2.24) is 15.3 Å². The molecule has 0 aliphatic rings. The van der Waals surface area contributed by atoms with Crippen molar-refractivity contribution in [2.75, 3.05) is 6.54 Å². The van der Waals surface area contributed by atoms with Crippen LogP contribution in [0.4, 0.5) is 0 Å². The first-order valence-corrected chi connectivity index (χ1v) is 6.82. The Bertz CT molecular complexity index is 579. The van der Waals surface area contributed by atoms with Gasteiger partial charge in [0, 0.05) is 36.5 Å². The molecule has 5 heteroatoms. The Hall–Kier alpha value is -2.07. The lowest BCUT2D eigenvalue weighted by molar-refractivity contribution is -0.116. The maximum Gasteiger partial charge on any atom is 0.244 e. The van der Waals surface area contributed by atoms with Gasteiger partial charge in [-0.15, -0.1) is 0 Å². The number of carbonyl (C=O) groups is 1. The molecule has 0 saturated carbocycles. The summed E-state index contributed by atoms with van der Waals surface area (Å²) in [5.74, 6) is 0.815. The van der Waals surface area contributed by atoms with Crippen molar-refractivity contribution in [3.8, 4) is 0 Å². The highest BCUT2D eigenvalue weighted by atomic mass is 35.5. The van der Waals surface area contributed by atoms with Gasteiger partial charge in [-0.2, -0.15) is 0 Å². The Morgan fingerprint density at radius 1 is 1.40 bits per heavy atom. The second-order valence-corrected chi connectivity index (χ2v) is 4.69. The molecule has 0 atom stereocenters. The number of amides is 1. The maximum absolute atomic E-state index is 11.6. The smallest absolute Gasteiger partial charge is 0.244 e. The van der Waals surface area contributed by atoms with Crippen LogP contribution in [0, 0.1) is 0 Å². The fourth-order valence-corrected chi connectivity index (χ4v) is 1.94. The van der Waals surface area contributed by atoms with Gasteiger partial charge < -0.3 is 10.3 Å². The minimum absolute atomic E-state index is 0.121. The molecule has 0 radical (unpaired) electrons. The van der Waals surface area contributed by atoms with Crippen molar-refractivity contribution in [1.29, 1.82) is 0 Å². The molecule has 0 bridgehead atoms. The van der Waals surface area contributed by atoms with Gasteiger partial charge in [-0.05, 0) is 24.1 Å². The van der Waals surface area contributed by atoms with Gasteiger partial charge in [0.15, 0.2) is 0 Å². The highest BCUT2D eigenvalue weighted by Gasteiger charge is 1.98. The fourth-order valence-electron chi connectivity index (χ4n) is 1.74. The van der Waals surface area contributed by atoms with Crippen molar-refractivity contribution in [2.45, 2.75) is 12.8 Å². The van der Waals surface area contributed by atoms with Crippen molar-refractivity contribution in [3.63, 3.8) is 0 Å². The molecule has 1 aromatic heterocycles. The Kier molecular flexibility index (Phi) is 5.38. The summed E-state index contributed by atoms with van der Waals surface area (Å²) in [7, 11) is 0. The molecule has 1 heterocycles. The van der Waals surface area contributed by atoms with E-state index in [1.165, 1.54) is 6.08 Å². The van der Waals surface area contributed by atoms with Crippen LogP contribution in [0.3, 0.4) is 0 Å². The molecule has 20 heavy (non-hydrogen) atoms. The van der Waals surface area contributed by atoms with Crippen molar-refractivity contribution in [2.24, 2.45) is 0 Å². The number of imidazole rings is 1. The lowest BCUT2D eigenvalue weighted by Gasteiger charge is -2.01. The molecule has 0 fully saturated rings. The molecule has 2 rings (SSSR count). The first kappa shape index (κ1) is 14.3. The van der Waals surface area contributed by atoms with Gasteiger partial charge in [0.25, 0.3) is 0 Å². The fraction of sp³-hybridized carbons (Fsp3) is 0.200. The van der Waals surface area contributed by atoms with Crippen LogP contribution in [0.15, 0.2) is 42.7 Å². The lowest BCUT2D eigenvalue weighted by Crippen LogP contribution is -2.22. The number of H-pyrrole nitrogens is 1.